The van der Waals surface area contributed by atoms with E-state index in [-0.39, 0.29) is 18.3 Å². The Balaban J connectivity index is 0.00000161. The van der Waals surface area contributed by atoms with Crippen molar-refractivity contribution in [3.05, 3.63) is 23.0 Å². The maximum atomic E-state index is 13.0. The van der Waals surface area contributed by atoms with Crippen LogP contribution in [0.5, 0.6) is 0 Å². The van der Waals surface area contributed by atoms with Gasteiger partial charge < -0.3 is 14.8 Å². The molecule has 21 heavy (non-hydrogen) atoms. The van der Waals surface area contributed by atoms with Crippen molar-refractivity contribution in [3.63, 3.8) is 0 Å². The van der Waals surface area contributed by atoms with Gasteiger partial charge in [-0.3, -0.25) is 4.79 Å². The molecule has 1 aromatic rings. The number of nitrogens with one attached hydrogen (secondary N) is 1. The first kappa shape index (κ1) is 16.4. The molecular formula is C16H26ClN3O. The van der Waals surface area contributed by atoms with Crippen molar-refractivity contribution >= 4 is 18.3 Å². The van der Waals surface area contributed by atoms with Gasteiger partial charge in [-0.25, -0.2) is 0 Å². The molecule has 3 rings (SSSR count). The van der Waals surface area contributed by atoms with E-state index in [4.69, 9.17) is 0 Å². The summed E-state index contributed by atoms with van der Waals surface area (Å²) in [4.78, 5) is 15.2. The first-order chi connectivity index (χ1) is 9.63. The fraction of sp³-hybridized carbons (Fsp3) is 0.688. The quantitative estimate of drug-likeness (QED) is 0.911. The Morgan fingerprint density at radius 1 is 1.29 bits per heavy atom. The largest absolute Gasteiger partial charge is 0.349 e. The smallest absolute Gasteiger partial charge is 0.256 e. The highest BCUT2D eigenvalue weighted by molar-refractivity contribution is 5.96. The SMILES string of the molecule is CCn1c(C)cc(C(=O)N2C3CCNCC2CC3)c1C.Cl. The number of amides is 1. The Morgan fingerprint density at radius 2 is 2.00 bits per heavy atom. The van der Waals surface area contributed by atoms with Crippen molar-refractivity contribution in [2.75, 3.05) is 13.1 Å². The Bertz CT molecular complexity index is 512. The molecule has 2 atom stereocenters. The fourth-order valence-electron chi connectivity index (χ4n) is 3.96. The van der Waals surface area contributed by atoms with Gasteiger partial charge in [0, 0.05) is 36.6 Å². The highest BCUT2D eigenvalue weighted by atomic mass is 35.5. The third kappa shape index (κ3) is 2.71. The molecule has 2 bridgehead atoms. The molecular weight excluding hydrogens is 286 g/mol. The molecule has 2 saturated heterocycles. The van der Waals surface area contributed by atoms with Crippen LogP contribution >= 0.6 is 12.4 Å². The third-order valence-electron chi connectivity index (χ3n) is 5.01. The Hall–Kier alpha value is -1.00. The van der Waals surface area contributed by atoms with Crippen molar-refractivity contribution < 1.29 is 4.79 Å². The third-order valence-corrected chi connectivity index (χ3v) is 5.01. The van der Waals surface area contributed by atoms with E-state index in [1.807, 2.05) is 0 Å². The predicted molar refractivity (Wildman–Crippen MR) is 87.3 cm³/mol. The van der Waals surface area contributed by atoms with Gasteiger partial charge >= 0.3 is 0 Å². The molecule has 1 N–H and O–H groups in total. The Kier molecular flexibility index (Phi) is 4.99. The number of nitrogens with zero attached hydrogens (tertiary/aromatic N) is 2. The minimum Gasteiger partial charge on any atom is -0.349 e. The van der Waals surface area contributed by atoms with Crippen LogP contribution in [0.4, 0.5) is 0 Å². The number of rotatable bonds is 2. The highest BCUT2D eigenvalue weighted by Gasteiger charge is 2.39. The molecule has 5 heteroatoms. The van der Waals surface area contributed by atoms with E-state index < -0.39 is 0 Å². The van der Waals surface area contributed by atoms with Gasteiger partial charge in [0.2, 0.25) is 0 Å². The average molecular weight is 312 g/mol. The van der Waals surface area contributed by atoms with Gasteiger partial charge in [0.05, 0.1) is 5.56 Å². The summed E-state index contributed by atoms with van der Waals surface area (Å²) in [5.74, 6) is 0.244. The highest BCUT2D eigenvalue weighted by Crippen LogP contribution is 2.30. The van der Waals surface area contributed by atoms with Crippen LogP contribution in [-0.4, -0.2) is 40.5 Å². The van der Waals surface area contributed by atoms with Gasteiger partial charge in [0.1, 0.15) is 0 Å². The van der Waals surface area contributed by atoms with Crippen LogP contribution in [0.3, 0.4) is 0 Å². The molecule has 118 valence electrons. The number of hydrogen-bond acceptors (Lipinski definition) is 2. The molecule has 2 aliphatic heterocycles. The zero-order valence-electron chi connectivity index (χ0n) is 13.2. The maximum Gasteiger partial charge on any atom is 0.256 e. The lowest BCUT2D eigenvalue weighted by atomic mass is 10.1. The van der Waals surface area contributed by atoms with Crippen LogP contribution in [0.2, 0.25) is 0 Å². The Labute approximate surface area is 133 Å². The number of aryl methyl sites for hydroxylation is 1. The van der Waals surface area contributed by atoms with E-state index in [2.05, 4.69) is 41.6 Å². The number of aromatic nitrogens is 1. The van der Waals surface area contributed by atoms with Crippen LogP contribution in [0.1, 0.15) is 47.9 Å². The molecule has 4 nitrogen and oxygen atoms in total. The number of carbonyl (C=O) groups is 1. The molecule has 0 aliphatic carbocycles. The second-order valence-electron chi connectivity index (χ2n) is 6.12. The summed E-state index contributed by atoms with van der Waals surface area (Å²) >= 11 is 0. The van der Waals surface area contributed by atoms with Crippen LogP contribution in [0.25, 0.3) is 0 Å². The van der Waals surface area contributed by atoms with Crippen molar-refractivity contribution in [2.45, 2.75) is 58.7 Å². The van der Waals surface area contributed by atoms with Crippen molar-refractivity contribution in [1.29, 1.82) is 0 Å². The second-order valence-corrected chi connectivity index (χ2v) is 6.12. The summed E-state index contributed by atoms with van der Waals surface area (Å²) in [7, 11) is 0. The fourth-order valence-corrected chi connectivity index (χ4v) is 3.96. The molecule has 2 aliphatic rings. The summed E-state index contributed by atoms with van der Waals surface area (Å²) in [5.41, 5.74) is 3.21. The summed E-state index contributed by atoms with van der Waals surface area (Å²) in [5, 5.41) is 3.46. The molecule has 2 fully saturated rings. The monoisotopic (exact) mass is 311 g/mol. The maximum absolute atomic E-state index is 13.0. The van der Waals surface area contributed by atoms with E-state index >= 15 is 0 Å². The van der Waals surface area contributed by atoms with E-state index in [0.29, 0.717) is 12.1 Å². The molecule has 2 unspecified atom stereocenters. The number of fused-ring (bicyclic) bond motifs is 2. The molecule has 0 spiro atoms. The zero-order chi connectivity index (χ0) is 14.3. The minimum absolute atomic E-state index is 0. The minimum atomic E-state index is 0. The lowest BCUT2D eigenvalue weighted by molar-refractivity contribution is 0.0679. The molecule has 1 aromatic heterocycles. The van der Waals surface area contributed by atoms with Crippen LogP contribution in [0.15, 0.2) is 6.07 Å². The van der Waals surface area contributed by atoms with Crippen molar-refractivity contribution in [1.82, 2.24) is 14.8 Å². The van der Waals surface area contributed by atoms with Gasteiger partial charge in [0.25, 0.3) is 5.91 Å². The van der Waals surface area contributed by atoms with E-state index in [9.17, 15) is 4.79 Å². The number of hydrogen-bond donors (Lipinski definition) is 1. The molecule has 3 heterocycles. The summed E-state index contributed by atoms with van der Waals surface area (Å²) in [6.07, 6.45) is 3.41. The van der Waals surface area contributed by atoms with Gasteiger partial charge in [-0.2, -0.15) is 0 Å². The molecule has 0 saturated carbocycles. The first-order valence-corrected chi connectivity index (χ1v) is 7.83. The van der Waals surface area contributed by atoms with Crippen LogP contribution in [-0.2, 0) is 6.54 Å². The lowest BCUT2D eigenvalue weighted by Gasteiger charge is -2.28. The average Bonchev–Trinajstić information content (AvgIpc) is 2.84. The van der Waals surface area contributed by atoms with Gasteiger partial charge in [-0.05, 0) is 52.6 Å². The molecule has 1 amide bonds. The summed E-state index contributed by atoms with van der Waals surface area (Å²) in [6.45, 7) is 9.22. The molecule has 0 radical (unpaired) electrons. The van der Waals surface area contributed by atoms with Crippen LogP contribution in [0, 0.1) is 13.8 Å². The van der Waals surface area contributed by atoms with E-state index in [0.717, 1.165) is 43.7 Å². The van der Waals surface area contributed by atoms with Crippen molar-refractivity contribution in [3.8, 4) is 0 Å². The van der Waals surface area contributed by atoms with Gasteiger partial charge in [-0.15, -0.1) is 12.4 Å². The number of carbonyl (C=O) groups excluding carboxylic acids is 1. The topological polar surface area (TPSA) is 37.3 Å². The van der Waals surface area contributed by atoms with E-state index in [1.54, 1.807) is 0 Å². The first-order valence-electron chi connectivity index (χ1n) is 7.83. The van der Waals surface area contributed by atoms with Gasteiger partial charge in [-0.1, -0.05) is 0 Å². The molecule has 0 aromatic carbocycles. The van der Waals surface area contributed by atoms with Crippen LogP contribution < -0.4 is 5.32 Å². The normalized spacial score (nSPS) is 24.6. The Morgan fingerprint density at radius 3 is 2.67 bits per heavy atom. The zero-order valence-corrected chi connectivity index (χ0v) is 14.0. The standard InChI is InChI=1S/C16H25N3O.ClH/c1-4-18-11(2)9-15(12(18)3)16(20)19-13-5-6-14(19)10-17-8-7-13;/h9,13-14,17H,4-8,10H2,1-3H3;1H. The number of halogens is 1. The summed E-state index contributed by atoms with van der Waals surface area (Å²) < 4.78 is 2.23. The van der Waals surface area contributed by atoms with Gasteiger partial charge in [0.15, 0.2) is 0 Å². The predicted octanol–water partition coefficient (Wildman–Crippen LogP) is 2.51. The second kappa shape index (κ2) is 6.41. The van der Waals surface area contributed by atoms with E-state index in [1.165, 1.54) is 12.1 Å². The lowest BCUT2D eigenvalue weighted by Crippen LogP contribution is -2.42. The van der Waals surface area contributed by atoms with Crippen molar-refractivity contribution in [2.24, 2.45) is 0 Å². The summed E-state index contributed by atoms with van der Waals surface area (Å²) in [6, 6.07) is 2.89.